The lowest BCUT2D eigenvalue weighted by Gasteiger charge is -2.48. The van der Waals surface area contributed by atoms with Crippen molar-refractivity contribution < 1.29 is 5.11 Å². The number of unbranched alkanes of at least 4 members (excludes halogenated alkanes) is 2. The van der Waals surface area contributed by atoms with Crippen LogP contribution in [0.25, 0.3) is 0 Å². The van der Waals surface area contributed by atoms with E-state index in [0.717, 1.165) is 51.5 Å². The first-order valence-corrected chi connectivity index (χ1v) is 18.3. The van der Waals surface area contributed by atoms with Gasteiger partial charge in [-0.2, -0.15) is 9.97 Å². The molecule has 264 valence electrons. The van der Waals surface area contributed by atoms with E-state index in [2.05, 4.69) is 78.5 Å². The summed E-state index contributed by atoms with van der Waals surface area (Å²) in [5, 5.41) is 11.0. The van der Waals surface area contributed by atoms with E-state index in [4.69, 9.17) is 34.7 Å². The molecule has 0 atom stereocenters. The number of hydrogen-bond donors (Lipinski definition) is 3. The highest BCUT2D eigenvalue weighted by atomic mass is 35.5. The number of nitrogens with two attached hydrogens (primary N) is 2. The Bertz CT molecular complexity index is 1740. The summed E-state index contributed by atoms with van der Waals surface area (Å²) in [6.45, 7) is 14.8. The summed E-state index contributed by atoms with van der Waals surface area (Å²) >= 11 is 12.7. The fourth-order valence-corrected chi connectivity index (χ4v) is 8.58. The Morgan fingerprint density at radius 3 is 1.64 bits per heavy atom. The molecule has 8 rings (SSSR count). The van der Waals surface area contributed by atoms with Crippen LogP contribution in [0.15, 0.2) is 48.8 Å². The SMILES string of the molecule is CCCCN1CC2(C1)CN(c1nc(N)ncc1Cl)c1cc(C)ccc12.CCCCN1CC2(C1)CN(c1nc(N)ncc1Cl)c1cc(O)ccc12. The lowest BCUT2D eigenvalue weighted by atomic mass is 9.75. The van der Waals surface area contributed by atoms with Gasteiger partial charge in [-0.15, -0.1) is 0 Å². The number of nitrogen functional groups attached to an aromatic ring is 2. The molecule has 6 heterocycles. The Labute approximate surface area is 304 Å². The zero-order valence-electron chi connectivity index (χ0n) is 29.0. The van der Waals surface area contributed by atoms with Gasteiger partial charge in [0.15, 0.2) is 11.6 Å². The maximum absolute atomic E-state index is 9.99. The fourth-order valence-electron chi connectivity index (χ4n) is 8.19. The van der Waals surface area contributed by atoms with Gasteiger partial charge >= 0.3 is 0 Å². The van der Waals surface area contributed by atoms with E-state index in [-0.39, 0.29) is 28.5 Å². The Kier molecular flexibility index (Phi) is 9.44. The van der Waals surface area contributed by atoms with Crippen LogP contribution >= 0.6 is 23.2 Å². The number of fused-ring (bicyclic) bond motifs is 4. The first-order valence-electron chi connectivity index (χ1n) is 17.6. The van der Waals surface area contributed by atoms with Gasteiger partial charge < -0.3 is 36.2 Å². The lowest BCUT2D eigenvalue weighted by molar-refractivity contribution is 0.0753. The van der Waals surface area contributed by atoms with Gasteiger partial charge in [0.1, 0.15) is 15.8 Å². The minimum atomic E-state index is 0.0554. The van der Waals surface area contributed by atoms with Crippen LogP contribution in [0.3, 0.4) is 0 Å². The average Bonchev–Trinajstić information content (AvgIpc) is 3.57. The van der Waals surface area contributed by atoms with E-state index in [0.29, 0.717) is 21.7 Å². The average molecular weight is 718 g/mol. The third kappa shape index (κ3) is 6.29. The monoisotopic (exact) mass is 716 g/mol. The molecule has 0 radical (unpaired) electrons. The molecule has 5 N–H and O–H groups in total. The van der Waals surface area contributed by atoms with E-state index in [1.54, 1.807) is 18.3 Å². The fraction of sp³-hybridized carbons (Fsp3) is 0.459. The molecule has 4 aliphatic rings. The lowest BCUT2D eigenvalue weighted by Crippen LogP contribution is -2.61. The predicted octanol–water partition coefficient (Wildman–Crippen LogP) is 6.45. The van der Waals surface area contributed by atoms with Crippen LogP contribution < -0.4 is 21.3 Å². The normalized spacial score (nSPS) is 18.4. The van der Waals surface area contributed by atoms with Gasteiger partial charge in [0, 0.05) is 61.9 Å². The smallest absolute Gasteiger partial charge is 0.222 e. The summed E-state index contributed by atoms with van der Waals surface area (Å²) in [6.07, 6.45) is 8.04. The van der Waals surface area contributed by atoms with Crippen molar-refractivity contribution in [1.82, 2.24) is 29.7 Å². The van der Waals surface area contributed by atoms with Crippen molar-refractivity contribution in [2.75, 3.05) is 73.6 Å². The first kappa shape index (κ1) is 34.5. The number of aryl methyl sites for hydroxylation is 1. The van der Waals surface area contributed by atoms with Gasteiger partial charge in [-0.1, -0.05) is 68.1 Å². The number of phenolic OH excluding ortho intramolecular Hbond substituents is 1. The third-order valence-corrected chi connectivity index (χ3v) is 11.1. The molecule has 13 heteroatoms. The van der Waals surface area contributed by atoms with Crippen LogP contribution in [0.2, 0.25) is 10.0 Å². The molecule has 0 aliphatic carbocycles. The van der Waals surface area contributed by atoms with E-state index < -0.39 is 0 Å². The van der Waals surface area contributed by atoms with Crippen LogP contribution in [0.1, 0.15) is 56.2 Å². The second kappa shape index (κ2) is 13.7. The molecule has 2 aromatic heterocycles. The Morgan fingerprint density at radius 1 is 0.700 bits per heavy atom. The number of phenols is 1. The van der Waals surface area contributed by atoms with Gasteiger partial charge in [0.05, 0.1) is 18.1 Å². The molecular formula is C37H46Cl2N10O. The summed E-state index contributed by atoms with van der Waals surface area (Å²) in [5.41, 5.74) is 17.9. The zero-order chi connectivity index (χ0) is 35.2. The molecule has 4 aliphatic heterocycles. The van der Waals surface area contributed by atoms with Crippen molar-refractivity contribution in [3.8, 4) is 5.75 Å². The second-order valence-corrected chi connectivity index (χ2v) is 15.2. The molecule has 0 saturated carbocycles. The largest absolute Gasteiger partial charge is 0.508 e. The van der Waals surface area contributed by atoms with Crippen LogP contribution in [-0.4, -0.2) is 87.2 Å². The topological polar surface area (TPSA) is 137 Å². The number of nitrogens with zero attached hydrogens (tertiary/aromatic N) is 8. The highest BCUT2D eigenvalue weighted by molar-refractivity contribution is 6.33. The molecule has 2 fully saturated rings. The molecule has 50 heavy (non-hydrogen) atoms. The number of hydrogen-bond acceptors (Lipinski definition) is 11. The van der Waals surface area contributed by atoms with Crippen molar-refractivity contribution in [3.63, 3.8) is 0 Å². The summed E-state index contributed by atoms with van der Waals surface area (Å²) < 4.78 is 0. The van der Waals surface area contributed by atoms with Crippen LogP contribution in [0.5, 0.6) is 5.75 Å². The van der Waals surface area contributed by atoms with Gasteiger partial charge in [0.2, 0.25) is 11.9 Å². The van der Waals surface area contributed by atoms with Crippen molar-refractivity contribution in [2.45, 2.75) is 57.3 Å². The van der Waals surface area contributed by atoms with E-state index in [1.807, 2.05) is 6.07 Å². The van der Waals surface area contributed by atoms with E-state index in [1.165, 1.54) is 60.8 Å². The molecule has 0 unspecified atom stereocenters. The standard InChI is InChI=1S/C19H24ClN5.C18H22ClN5O/c1-3-4-7-24-10-19(11-24)12-25(16-8-13(2)5-6-14(16)19)17-15(20)9-22-18(21)23-17;1-2-3-6-23-9-18(10-23)11-24(15-7-12(25)4-5-13(15)18)16-14(19)8-21-17(20)22-16/h5-6,8-9H,3-4,7,10-12H2,1-2H3,(H2,21,22,23);4-5,7-8,25H,2-3,6,9-11H2,1H3,(H2,20,21,22). The quantitative estimate of drug-likeness (QED) is 0.186. The molecule has 2 saturated heterocycles. The summed E-state index contributed by atoms with van der Waals surface area (Å²) in [7, 11) is 0. The minimum absolute atomic E-state index is 0.0554. The van der Waals surface area contributed by atoms with E-state index >= 15 is 0 Å². The summed E-state index contributed by atoms with van der Waals surface area (Å²) in [5.74, 6) is 2.00. The van der Waals surface area contributed by atoms with E-state index in [9.17, 15) is 5.11 Å². The first-order chi connectivity index (χ1) is 24.0. The predicted molar refractivity (Wildman–Crippen MR) is 202 cm³/mol. The van der Waals surface area contributed by atoms with Crippen molar-refractivity contribution in [1.29, 1.82) is 0 Å². The van der Waals surface area contributed by atoms with Gasteiger partial charge in [0.25, 0.3) is 0 Å². The van der Waals surface area contributed by atoms with Gasteiger partial charge in [-0.05, 0) is 61.7 Å². The number of rotatable bonds is 8. The maximum Gasteiger partial charge on any atom is 0.222 e. The van der Waals surface area contributed by atoms with Crippen molar-refractivity contribution in [2.24, 2.45) is 0 Å². The Hall–Kier alpha value is -3.90. The van der Waals surface area contributed by atoms with Crippen LogP contribution in [0.4, 0.5) is 34.9 Å². The van der Waals surface area contributed by atoms with Crippen LogP contribution in [0, 0.1) is 6.92 Å². The third-order valence-electron chi connectivity index (χ3n) is 10.5. The molecule has 4 aromatic rings. The highest BCUT2D eigenvalue weighted by Crippen LogP contribution is 2.52. The Morgan fingerprint density at radius 2 is 1.16 bits per heavy atom. The number of aromatic nitrogens is 4. The zero-order valence-corrected chi connectivity index (χ0v) is 30.6. The van der Waals surface area contributed by atoms with Crippen molar-refractivity contribution in [3.05, 3.63) is 75.5 Å². The molecule has 2 aromatic carbocycles. The van der Waals surface area contributed by atoms with Crippen LogP contribution in [-0.2, 0) is 10.8 Å². The number of likely N-dealkylation sites (tertiary alicyclic amines) is 2. The minimum Gasteiger partial charge on any atom is -0.508 e. The van der Waals surface area contributed by atoms with Gasteiger partial charge in [-0.25, -0.2) is 9.97 Å². The summed E-state index contributed by atoms with van der Waals surface area (Å²) in [4.78, 5) is 26.0. The summed E-state index contributed by atoms with van der Waals surface area (Å²) in [6, 6.07) is 12.3. The number of aromatic hydroxyl groups is 1. The Balaban J connectivity index is 0.000000157. The van der Waals surface area contributed by atoms with Gasteiger partial charge in [-0.3, -0.25) is 0 Å². The number of anilines is 6. The highest BCUT2D eigenvalue weighted by Gasteiger charge is 2.52. The molecule has 0 amide bonds. The molecular weight excluding hydrogens is 671 g/mol. The molecule has 11 nitrogen and oxygen atoms in total. The maximum atomic E-state index is 9.99. The second-order valence-electron chi connectivity index (χ2n) is 14.4. The number of halogens is 2. The molecule has 0 bridgehead atoms. The molecule has 2 spiro atoms. The number of benzene rings is 2. The van der Waals surface area contributed by atoms with Crippen molar-refractivity contribution >= 4 is 58.1 Å².